The van der Waals surface area contributed by atoms with Crippen molar-refractivity contribution < 1.29 is 0 Å². The van der Waals surface area contributed by atoms with Gasteiger partial charge in [0.05, 0.1) is 27.2 Å². The van der Waals surface area contributed by atoms with Gasteiger partial charge in [-0.3, -0.25) is 9.59 Å². The molecule has 7 aromatic carbocycles. The predicted octanol–water partition coefficient (Wildman–Crippen LogP) is 11.3. The Hall–Kier alpha value is -6.26. The van der Waals surface area contributed by atoms with Crippen LogP contribution in [0.25, 0.3) is 66.0 Å². The highest BCUT2D eigenvalue weighted by Crippen LogP contribution is 2.63. The van der Waals surface area contributed by atoms with Gasteiger partial charge >= 0.3 is 0 Å². The molecule has 0 aliphatic heterocycles. The van der Waals surface area contributed by atoms with Gasteiger partial charge in [0.2, 0.25) is 0 Å². The third-order valence-corrected chi connectivity index (χ3v) is 12.6. The molecule has 2 aliphatic rings. The number of benzene rings is 7. The number of hydrogen-bond donors (Lipinski definition) is 0. The number of rotatable bonds is 1. The molecular weight excluding hydrogens is 673 g/mol. The Bertz CT molecular complexity index is 3210. The highest BCUT2D eigenvalue weighted by molar-refractivity contribution is 6.00. The van der Waals surface area contributed by atoms with Crippen LogP contribution >= 0.6 is 0 Å². The van der Waals surface area contributed by atoms with Gasteiger partial charge in [0.25, 0.3) is 11.1 Å². The molecule has 0 radical (unpaired) electrons. The molecule has 0 atom stereocenters. The maximum atomic E-state index is 14.1. The van der Waals surface area contributed by atoms with E-state index in [1.807, 2.05) is 48.5 Å². The molecule has 0 bridgehead atoms. The molecule has 11 rings (SSSR count). The van der Waals surface area contributed by atoms with E-state index in [9.17, 15) is 9.59 Å². The summed E-state index contributed by atoms with van der Waals surface area (Å²) in [6, 6.07) is 48.0. The van der Waals surface area contributed by atoms with Gasteiger partial charge in [-0.1, -0.05) is 145 Å². The van der Waals surface area contributed by atoms with E-state index in [0.29, 0.717) is 10.8 Å². The molecule has 2 heterocycles. The van der Waals surface area contributed by atoms with Crippen LogP contribution in [0, 0.1) is 0 Å². The summed E-state index contributed by atoms with van der Waals surface area (Å²) in [6.07, 6.45) is 0. The van der Waals surface area contributed by atoms with E-state index in [1.54, 1.807) is 4.52 Å². The lowest BCUT2D eigenvalue weighted by molar-refractivity contribution is 0.586. The Morgan fingerprint density at radius 1 is 0.418 bits per heavy atom. The van der Waals surface area contributed by atoms with E-state index in [-0.39, 0.29) is 21.9 Å². The first kappa shape index (κ1) is 32.2. The van der Waals surface area contributed by atoms with Gasteiger partial charge in [0.15, 0.2) is 0 Å². The summed E-state index contributed by atoms with van der Waals surface area (Å²) in [5.74, 6) is 0. The first-order valence-corrected chi connectivity index (χ1v) is 19.3. The third-order valence-electron chi connectivity index (χ3n) is 12.6. The standard InChI is InChI=1S/C51H40N2O2/c1-49(2,3)33-17-20-37-38-21-18-34(50(4,5)6)28-44(38)51(43(37)27-33)41-14-10-9-13-35(41)36-19-15-32(25-42(36)51)31-16-22-45-39(24-31)47(54)53-48(55)40-23-29-11-7-8-12-30(29)26-46(40)52(45)53/h7-28H,1-6H3. The van der Waals surface area contributed by atoms with Crippen LogP contribution in [0.15, 0.2) is 143 Å². The molecule has 4 nitrogen and oxygen atoms in total. The molecule has 266 valence electrons. The Labute approximate surface area is 319 Å². The molecule has 9 aromatic rings. The van der Waals surface area contributed by atoms with Crippen molar-refractivity contribution in [3.05, 3.63) is 188 Å². The van der Waals surface area contributed by atoms with Gasteiger partial charge in [0, 0.05) is 0 Å². The molecule has 2 aliphatic carbocycles. The molecule has 4 heteroatoms. The number of hydrogen-bond acceptors (Lipinski definition) is 2. The smallest absolute Gasteiger partial charge is 0.267 e. The van der Waals surface area contributed by atoms with E-state index in [4.69, 9.17) is 0 Å². The highest BCUT2D eigenvalue weighted by Gasteiger charge is 2.52. The van der Waals surface area contributed by atoms with Crippen LogP contribution in [0.4, 0.5) is 0 Å². The van der Waals surface area contributed by atoms with Gasteiger partial charge in [0.1, 0.15) is 0 Å². The monoisotopic (exact) mass is 712 g/mol. The fourth-order valence-electron chi connectivity index (χ4n) is 9.79. The molecule has 0 N–H and O–H groups in total. The summed E-state index contributed by atoms with van der Waals surface area (Å²) < 4.78 is 3.10. The summed E-state index contributed by atoms with van der Waals surface area (Å²) in [6.45, 7) is 13.8. The van der Waals surface area contributed by atoms with Gasteiger partial charge in [-0.15, -0.1) is 0 Å². The van der Waals surface area contributed by atoms with Crippen LogP contribution < -0.4 is 11.1 Å². The van der Waals surface area contributed by atoms with E-state index in [0.717, 1.165) is 32.9 Å². The van der Waals surface area contributed by atoms with Gasteiger partial charge in [-0.2, -0.15) is 4.52 Å². The van der Waals surface area contributed by atoms with Crippen molar-refractivity contribution in [1.29, 1.82) is 0 Å². The molecule has 0 amide bonds. The van der Waals surface area contributed by atoms with Crippen molar-refractivity contribution in [2.75, 3.05) is 0 Å². The predicted molar refractivity (Wildman–Crippen MR) is 226 cm³/mol. The topological polar surface area (TPSA) is 43.0 Å². The van der Waals surface area contributed by atoms with Gasteiger partial charge < -0.3 is 0 Å². The zero-order valence-electron chi connectivity index (χ0n) is 31.9. The molecule has 2 aromatic heterocycles. The number of nitrogens with zero attached hydrogens (tertiary/aromatic N) is 2. The second-order valence-corrected chi connectivity index (χ2v) is 17.8. The first-order chi connectivity index (χ1) is 26.4. The van der Waals surface area contributed by atoms with Crippen molar-refractivity contribution in [2.24, 2.45) is 0 Å². The van der Waals surface area contributed by atoms with Crippen molar-refractivity contribution >= 4 is 32.6 Å². The quantitative estimate of drug-likeness (QED) is 0.170. The molecule has 55 heavy (non-hydrogen) atoms. The first-order valence-electron chi connectivity index (χ1n) is 19.3. The minimum atomic E-state index is -0.519. The largest absolute Gasteiger partial charge is 0.282 e. The Morgan fingerprint density at radius 2 is 0.909 bits per heavy atom. The second kappa shape index (κ2) is 10.5. The van der Waals surface area contributed by atoms with Gasteiger partial charge in [-0.05, 0) is 119 Å². The zero-order valence-corrected chi connectivity index (χ0v) is 31.9. The summed E-state index contributed by atoms with van der Waals surface area (Å²) >= 11 is 0. The lowest BCUT2D eigenvalue weighted by Crippen LogP contribution is -2.27. The molecule has 0 saturated heterocycles. The Balaban J connectivity index is 1.18. The molecule has 1 spiro atoms. The van der Waals surface area contributed by atoms with E-state index in [1.165, 1.54) is 60.1 Å². The molecule has 0 saturated carbocycles. The average Bonchev–Trinajstić information content (AvgIpc) is 3.84. The van der Waals surface area contributed by atoms with Crippen LogP contribution in [0.5, 0.6) is 0 Å². The SMILES string of the molecule is CC(C)(C)c1ccc2c(c1)C1(c3ccccc3-c3ccc(-c4ccc5c(c4)c(=O)n4c(=O)c6cc7ccccc7cc6n54)cc31)c1cc(C(C)(C)C)ccc1-2. The van der Waals surface area contributed by atoms with Crippen LogP contribution in [-0.2, 0) is 16.2 Å². The van der Waals surface area contributed by atoms with E-state index >= 15 is 0 Å². The van der Waals surface area contributed by atoms with Crippen LogP contribution in [0.1, 0.15) is 74.9 Å². The van der Waals surface area contributed by atoms with Crippen LogP contribution in [0.2, 0.25) is 0 Å². The fourth-order valence-corrected chi connectivity index (χ4v) is 9.79. The number of fused-ring (bicyclic) bond motifs is 16. The molecule has 0 unspecified atom stereocenters. The number of aromatic nitrogens is 2. The maximum absolute atomic E-state index is 14.1. The minimum Gasteiger partial charge on any atom is -0.267 e. The van der Waals surface area contributed by atoms with Crippen molar-refractivity contribution in [2.45, 2.75) is 57.8 Å². The summed E-state index contributed by atoms with van der Waals surface area (Å²) in [5.41, 5.74) is 15.2. The van der Waals surface area contributed by atoms with Crippen molar-refractivity contribution in [3.8, 4) is 33.4 Å². The lowest BCUT2D eigenvalue weighted by Gasteiger charge is -2.33. The normalized spacial score (nSPS) is 14.3. The minimum absolute atomic E-state index is 0.0271. The maximum Gasteiger partial charge on any atom is 0.282 e. The van der Waals surface area contributed by atoms with Crippen molar-refractivity contribution in [1.82, 2.24) is 9.03 Å². The Kier molecular flexibility index (Phi) is 6.14. The van der Waals surface area contributed by atoms with Gasteiger partial charge in [-0.25, -0.2) is 4.52 Å². The van der Waals surface area contributed by atoms with Crippen molar-refractivity contribution in [3.63, 3.8) is 0 Å². The van der Waals surface area contributed by atoms with E-state index < -0.39 is 5.41 Å². The summed E-state index contributed by atoms with van der Waals surface area (Å²) in [7, 11) is 0. The molecular formula is C51H40N2O2. The summed E-state index contributed by atoms with van der Waals surface area (Å²) in [5, 5.41) is 3.09. The fraction of sp³-hybridized carbons (Fsp3) is 0.176. The van der Waals surface area contributed by atoms with E-state index in [2.05, 4.69) is 126 Å². The average molecular weight is 713 g/mol. The second-order valence-electron chi connectivity index (χ2n) is 17.8. The highest BCUT2D eigenvalue weighted by atomic mass is 16.2. The summed E-state index contributed by atoms with van der Waals surface area (Å²) in [4.78, 5) is 27.9. The Morgan fingerprint density at radius 3 is 1.55 bits per heavy atom. The zero-order chi connectivity index (χ0) is 37.8. The van der Waals surface area contributed by atoms with Crippen LogP contribution in [-0.4, -0.2) is 9.03 Å². The third kappa shape index (κ3) is 4.12. The molecule has 0 fully saturated rings. The van der Waals surface area contributed by atoms with Crippen LogP contribution in [0.3, 0.4) is 0 Å². The lowest BCUT2D eigenvalue weighted by atomic mass is 9.68.